The van der Waals surface area contributed by atoms with Crippen molar-refractivity contribution in [3.63, 3.8) is 0 Å². The largest absolute Gasteiger partial charge is 0.478 e. The number of sulfonamides is 1. The Morgan fingerprint density at radius 3 is 2.43 bits per heavy atom. The first kappa shape index (κ1) is 29.5. The molecule has 0 aliphatic heterocycles. The van der Waals surface area contributed by atoms with Crippen LogP contribution in [0.15, 0.2) is 71.8 Å². The van der Waals surface area contributed by atoms with Crippen molar-refractivity contribution < 1.29 is 41.0 Å². The van der Waals surface area contributed by atoms with E-state index in [9.17, 15) is 41.0 Å². The minimum absolute atomic E-state index is 0.0215. The number of carboxylic acids is 1. The molecule has 4 aromatic rings. The van der Waals surface area contributed by atoms with Crippen molar-refractivity contribution in [3.8, 4) is 5.69 Å². The monoisotopic (exact) mass is 606 g/mol. The van der Waals surface area contributed by atoms with Crippen LogP contribution in [0.4, 0.5) is 23.2 Å². The number of benzene rings is 3. The number of alkyl halides is 3. The van der Waals surface area contributed by atoms with Crippen molar-refractivity contribution in [1.29, 1.82) is 0 Å². The van der Waals surface area contributed by atoms with E-state index < -0.39 is 52.7 Å². The van der Waals surface area contributed by atoms with E-state index in [0.29, 0.717) is 39.3 Å². The summed E-state index contributed by atoms with van der Waals surface area (Å²) < 4.78 is 85.2. The first-order chi connectivity index (χ1) is 19.7. The number of fused-ring (bicyclic) bond motifs is 1. The summed E-state index contributed by atoms with van der Waals surface area (Å²) in [7, 11) is -4.49. The second kappa shape index (κ2) is 10.7. The summed E-state index contributed by atoms with van der Waals surface area (Å²) in [6.07, 6.45) is -3.19. The molecule has 1 aliphatic rings. The molecule has 0 bridgehead atoms. The molecule has 14 heteroatoms. The zero-order chi connectivity index (χ0) is 30.4. The van der Waals surface area contributed by atoms with Crippen LogP contribution in [-0.4, -0.2) is 69.6 Å². The lowest BCUT2D eigenvalue weighted by Gasteiger charge is -2.35. The molecule has 42 heavy (non-hydrogen) atoms. The van der Waals surface area contributed by atoms with Gasteiger partial charge in [0.25, 0.3) is 0 Å². The number of anilines is 1. The summed E-state index contributed by atoms with van der Waals surface area (Å²) in [5.41, 5.74) is -1.76. The number of aromatic nitrogens is 2. The van der Waals surface area contributed by atoms with E-state index in [1.54, 1.807) is 25.1 Å². The average Bonchev–Trinajstić information content (AvgIpc) is 3.68. The first-order valence-electron chi connectivity index (χ1n) is 12.8. The Balaban J connectivity index is 1.47. The molecule has 0 radical (unpaired) electrons. The molecule has 5 rings (SSSR count). The van der Waals surface area contributed by atoms with Crippen LogP contribution in [0.25, 0.3) is 16.6 Å². The van der Waals surface area contributed by atoms with Gasteiger partial charge in [-0.1, -0.05) is 6.07 Å². The summed E-state index contributed by atoms with van der Waals surface area (Å²) in [6, 6.07) is 12.3. The maximum atomic E-state index is 14.4. The van der Waals surface area contributed by atoms with Crippen LogP contribution in [0.3, 0.4) is 0 Å². The summed E-state index contributed by atoms with van der Waals surface area (Å²) in [4.78, 5) is 11.0. The number of aliphatic hydroxyl groups is 1. The highest BCUT2D eigenvalue weighted by Crippen LogP contribution is 2.39. The molecule has 0 spiro atoms. The van der Waals surface area contributed by atoms with E-state index in [2.05, 4.69) is 10.4 Å². The van der Waals surface area contributed by atoms with Gasteiger partial charge in [0.1, 0.15) is 5.82 Å². The van der Waals surface area contributed by atoms with Gasteiger partial charge in [-0.3, -0.25) is 0 Å². The average molecular weight is 607 g/mol. The molecule has 1 fully saturated rings. The Kier molecular flexibility index (Phi) is 7.49. The van der Waals surface area contributed by atoms with E-state index >= 15 is 0 Å². The summed E-state index contributed by atoms with van der Waals surface area (Å²) in [6.45, 7) is -0.656. The maximum Gasteiger partial charge on any atom is 0.420 e. The highest BCUT2D eigenvalue weighted by atomic mass is 32.2. The van der Waals surface area contributed by atoms with E-state index in [-0.39, 0.29) is 16.1 Å². The van der Waals surface area contributed by atoms with Crippen molar-refractivity contribution in [2.24, 2.45) is 0 Å². The van der Waals surface area contributed by atoms with Crippen LogP contribution in [-0.2, 0) is 10.0 Å². The number of hydrogen-bond acceptors (Lipinski definition) is 6. The van der Waals surface area contributed by atoms with Gasteiger partial charge >= 0.3 is 12.1 Å². The van der Waals surface area contributed by atoms with Crippen molar-refractivity contribution in [1.82, 2.24) is 14.1 Å². The van der Waals surface area contributed by atoms with Gasteiger partial charge in [0.05, 0.1) is 40.9 Å². The molecule has 9 nitrogen and oxygen atoms in total. The Morgan fingerprint density at radius 1 is 1.12 bits per heavy atom. The number of nitrogens with zero attached hydrogens (tertiary/aromatic N) is 3. The lowest BCUT2D eigenvalue weighted by atomic mass is 10.0. The van der Waals surface area contributed by atoms with E-state index in [0.717, 1.165) is 24.3 Å². The number of hydrogen-bond donors (Lipinski definition) is 3. The molecule has 222 valence electrons. The van der Waals surface area contributed by atoms with Crippen LogP contribution in [0.1, 0.15) is 28.8 Å². The molecule has 3 N–H and O–H groups in total. The molecule has 3 aromatic carbocycles. The van der Waals surface area contributed by atoms with Gasteiger partial charge in [-0.25, -0.2) is 22.3 Å². The second-order valence-electron chi connectivity index (χ2n) is 10.3. The molecule has 0 saturated heterocycles. The van der Waals surface area contributed by atoms with Crippen molar-refractivity contribution in [3.05, 3.63) is 83.8 Å². The molecule has 1 unspecified atom stereocenters. The minimum Gasteiger partial charge on any atom is -0.478 e. The molecule has 1 aromatic heterocycles. The molecule has 1 atom stereocenters. The van der Waals surface area contributed by atoms with Gasteiger partial charge < -0.3 is 15.5 Å². The predicted molar refractivity (Wildman–Crippen MR) is 146 cm³/mol. The fraction of sp³-hybridized carbons (Fsp3) is 0.286. The SMILES string of the molecule is Cc1cc(NCC(O)(CN(C2CC2)S(=O)(=O)c2ccc(F)cc2)C(F)(F)F)c2cnn(-c3cccc(C(=O)O)c3)c2c1. The van der Waals surface area contributed by atoms with Crippen LogP contribution in [0, 0.1) is 12.7 Å². The molecule has 1 saturated carbocycles. The fourth-order valence-electron chi connectivity index (χ4n) is 4.65. The standard InChI is InChI=1S/C28H26F4N4O5S/c1-17-11-24(23-14-34-36(25(23)12-17)21-4-2-3-18(13-21)26(37)38)33-15-27(39,28(30,31)32)16-35(20-7-8-20)42(40,41)22-9-5-19(29)6-10-22/h2-6,9-14,20,33,39H,7-8,15-16H2,1H3,(H,37,38). The second-order valence-corrected chi connectivity index (χ2v) is 12.2. The van der Waals surface area contributed by atoms with Gasteiger partial charge in [-0.05, 0) is 79.9 Å². The van der Waals surface area contributed by atoms with Crippen LogP contribution >= 0.6 is 0 Å². The number of nitrogens with one attached hydrogen (secondary N) is 1. The van der Waals surface area contributed by atoms with Gasteiger partial charge in [-0.2, -0.15) is 22.6 Å². The van der Waals surface area contributed by atoms with Gasteiger partial charge in [0.2, 0.25) is 10.0 Å². The first-order valence-corrected chi connectivity index (χ1v) is 14.3. The zero-order valence-electron chi connectivity index (χ0n) is 22.1. The number of rotatable bonds is 10. The Labute approximate surface area is 238 Å². The van der Waals surface area contributed by atoms with Crippen molar-refractivity contribution >= 4 is 32.6 Å². The highest BCUT2D eigenvalue weighted by molar-refractivity contribution is 7.89. The van der Waals surface area contributed by atoms with Gasteiger partial charge in [0, 0.05) is 17.1 Å². The van der Waals surface area contributed by atoms with E-state index in [1.165, 1.54) is 29.1 Å². The topological polar surface area (TPSA) is 125 Å². The third kappa shape index (κ3) is 5.69. The highest BCUT2D eigenvalue weighted by Gasteiger charge is 2.57. The normalized spacial score (nSPS) is 15.6. The Bertz CT molecular complexity index is 1750. The molecule has 1 aliphatic carbocycles. The van der Waals surface area contributed by atoms with Gasteiger partial charge in [-0.15, -0.1) is 0 Å². The lowest BCUT2D eigenvalue weighted by molar-refractivity contribution is -0.256. The van der Waals surface area contributed by atoms with Crippen LogP contribution in [0.2, 0.25) is 0 Å². The predicted octanol–water partition coefficient (Wildman–Crippen LogP) is 4.73. The van der Waals surface area contributed by atoms with Crippen LogP contribution < -0.4 is 5.32 Å². The van der Waals surface area contributed by atoms with Crippen molar-refractivity contribution in [2.45, 2.75) is 42.5 Å². The molecule has 0 amide bonds. The van der Waals surface area contributed by atoms with Crippen molar-refractivity contribution in [2.75, 3.05) is 18.4 Å². The Hall–Kier alpha value is -4.01. The van der Waals surface area contributed by atoms with Crippen LogP contribution in [0.5, 0.6) is 0 Å². The zero-order valence-corrected chi connectivity index (χ0v) is 23.0. The summed E-state index contributed by atoms with van der Waals surface area (Å²) in [5, 5.41) is 27.7. The lowest BCUT2D eigenvalue weighted by Crippen LogP contribution is -2.59. The minimum atomic E-state index is -5.23. The number of carboxylic acid groups (broad SMARTS) is 1. The quantitative estimate of drug-likeness (QED) is 0.223. The third-order valence-electron chi connectivity index (χ3n) is 7.06. The molecular weight excluding hydrogens is 580 g/mol. The number of aromatic carboxylic acids is 1. The van der Waals surface area contributed by atoms with E-state index in [4.69, 9.17) is 0 Å². The maximum absolute atomic E-state index is 14.4. The summed E-state index contributed by atoms with van der Waals surface area (Å²) in [5.74, 6) is -1.84. The third-order valence-corrected chi connectivity index (χ3v) is 8.97. The fourth-order valence-corrected chi connectivity index (χ4v) is 6.39. The smallest absolute Gasteiger partial charge is 0.420 e. The number of carbonyl (C=O) groups is 1. The molecule has 1 heterocycles. The number of aryl methyl sites for hydroxylation is 1. The van der Waals surface area contributed by atoms with Gasteiger partial charge in [0.15, 0.2) is 5.60 Å². The Morgan fingerprint density at radius 2 is 1.81 bits per heavy atom. The molecular formula is C28H26F4N4O5S. The number of halogens is 4. The van der Waals surface area contributed by atoms with E-state index in [1.807, 2.05) is 0 Å². The summed E-state index contributed by atoms with van der Waals surface area (Å²) >= 11 is 0.